The van der Waals surface area contributed by atoms with Gasteiger partial charge in [0.1, 0.15) is 12.1 Å². The van der Waals surface area contributed by atoms with Crippen LogP contribution in [0.5, 0.6) is 0 Å². The summed E-state index contributed by atoms with van der Waals surface area (Å²) in [6, 6.07) is 16.8. The van der Waals surface area contributed by atoms with Crippen LogP contribution in [0.1, 0.15) is 15.9 Å². The molecule has 0 unspecified atom stereocenters. The molecule has 6 nitrogen and oxygen atoms in total. The molecule has 1 saturated heterocycles. The Morgan fingerprint density at radius 2 is 1.83 bits per heavy atom. The lowest BCUT2D eigenvalue weighted by Gasteiger charge is -2.27. The van der Waals surface area contributed by atoms with Crippen molar-refractivity contribution in [3.63, 3.8) is 0 Å². The molecule has 1 aliphatic rings. The first-order valence-corrected chi connectivity index (χ1v) is 9.85. The second kappa shape index (κ2) is 9.03. The van der Waals surface area contributed by atoms with Crippen molar-refractivity contribution >= 4 is 23.3 Å². The molecule has 2 aromatic carbocycles. The zero-order chi connectivity index (χ0) is 20.1. The predicted molar refractivity (Wildman–Crippen MR) is 113 cm³/mol. The Bertz CT molecular complexity index is 988. The molecule has 148 valence electrons. The van der Waals surface area contributed by atoms with E-state index in [1.165, 1.54) is 0 Å². The van der Waals surface area contributed by atoms with Crippen molar-refractivity contribution in [3.05, 3.63) is 77.1 Å². The molecule has 0 saturated carbocycles. The van der Waals surface area contributed by atoms with Gasteiger partial charge < -0.3 is 15.0 Å². The standard InChI is InChI=1S/C22H21ClN4O2/c23-19-4-2-1-3-18(19)14-24-22(28)17-7-5-16(6-8-17)20-13-21(26-15-25-20)27-9-11-29-12-10-27/h1-8,13,15H,9-12,14H2,(H,24,28). The number of nitrogens with one attached hydrogen (secondary N) is 1. The Morgan fingerprint density at radius 1 is 1.07 bits per heavy atom. The number of morpholine rings is 1. The molecule has 3 aromatic rings. The van der Waals surface area contributed by atoms with Gasteiger partial charge >= 0.3 is 0 Å². The van der Waals surface area contributed by atoms with Crippen molar-refractivity contribution in [1.82, 2.24) is 15.3 Å². The molecule has 29 heavy (non-hydrogen) atoms. The minimum absolute atomic E-state index is 0.145. The lowest BCUT2D eigenvalue weighted by molar-refractivity contribution is 0.0951. The van der Waals surface area contributed by atoms with Gasteiger partial charge in [-0.05, 0) is 23.8 Å². The average Bonchev–Trinajstić information content (AvgIpc) is 2.79. The highest BCUT2D eigenvalue weighted by Gasteiger charge is 2.14. The quantitative estimate of drug-likeness (QED) is 0.699. The number of rotatable bonds is 5. The molecule has 1 amide bonds. The number of hydrogen-bond donors (Lipinski definition) is 1. The number of ether oxygens (including phenoxy) is 1. The number of aromatic nitrogens is 2. The Hall–Kier alpha value is -2.96. The molecule has 0 atom stereocenters. The van der Waals surface area contributed by atoms with E-state index in [1.54, 1.807) is 18.5 Å². The first kappa shape index (κ1) is 19.4. The number of nitrogens with zero attached hydrogens (tertiary/aromatic N) is 3. The molecule has 1 aromatic heterocycles. The largest absolute Gasteiger partial charge is 0.378 e. The highest BCUT2D eigenvalue weighted by atomic mass is 35.5. The van der Waals surface area contributed by atoms with Crippen LogP contribution in [0.25, 0.3) is 11.3 Å². The maximum Gasteiger partial charge on any atom is 0.251 e. The monoisotopic (exact) mass is 408 g/mol. The second-order valence-electron chi connectivity index (χ2n) is 6.71. The number of anilines is 1. The molecule has 1 aliphatic heterocycles. The lowest BCUT2D eigenvalue weighted by Crippen LogP contribution is -2.36. The van der Waals surface area contributed by atoms with Gasteiger partial charge in [0.05, 0.1) is 18.9 Å². The van der Waals surface area contributed by atoms with Crippen LogP contribution < -0.4 is 10.2 Å². The van der Waals surface area contributed by atoms with Crippen molar-refractivity contribution in [2.75, 3.05) is 31.2 Å². The summed E-state index contributed by atoms with van der Waals surface area (Å²) in [6.07, 6.45) is 1.57. The smallest absolute Gasteiger partial charge is 0.251 e. The van der Waals surface area contributed by atoms with E-state index >= 15 is 0 Å². The molecule has 1 fully saturated rings. The number of carbonyl (C=O) groups excluding carboxylic acids is 1. The molecule has 4 rings (SSSR count). The number of halogens is 1. The Labute approximate surface area is 174 Å². The van der Waals surface area contributed by atoms with Crippen LogP contribution in [-0.2, 0) is 11.3 Å². The fourth-order valence-electron chi connectivity index (χ4n) is 3.18. The van der Waals surface area contributed by atoms with Crippen LogP contribution in [-0.4, -0.2) is 42.2 Å². The van der Waals surface area contributed by atoms with E-state index in [1.807, 2.05) is 42.5 Å². The van der Waals surface area contributed by atoms with Crippen LogP contribution in [0.4, 0.5) is 5.82 Å². The Balaban J connectivity index is 1.43. The highest BCUT2D eigenvalue weighted by molar-refractivity contribution is 6.31. The molecule has 7 heteroatoms. The topological polar surface area (TPSA) is 67.4 Å². The zero-order valence-electron chi connectivity index (χ0n) is 15.8. The van der Waals surface area contributed by atoms with E-state index in [0.717, 1.165) is 35.7 Å². The van der Waals surface area contributed by atoms with Gasteiger partial charge in [0.15, 0.2) is 0 Å². The average molecular weight is 409 g/mol. The number of amides is 1. The van der Waals surface area contributed by atoms with Crippen LogP contribution in [0.2, 0.25) is 5.02 Å². The second-order valence-corrected chi connectivity index (χ2v) is 7.12. The van der Waals surface area contributed by atoms with E-state index in [-0.39, 0.29) is 5.91 Å². The SMILES string of the molecule is O=C(NCc1ccccc1Cl)c1ccc(-c2cc(N3CCOCC3)ncn2)cc1. The lowest BCUT2D eigenvalue weighted by atomic mass is 10.1. The van der Waals surface area contributed by atoms with Gasteiger partial charge in [0.25, 0.3) is 5.91 Å². The molecule has 1 N–H and O–H groups in total. The minimum Gasteiger partial charge on any atom is -0.378 e. The predicted octanol–water partition coefficient (Wildman–Crippen LogP) is 3.56. The van der Waals surface area contributed by atoms with Crippen molar-refractivity contribution in [3.8, 4) is 11.3 Å². The first-order valence-electron chi connectivity index (χ1n) is 9.47. The normalized spacial score (nSPS) is 13.9. The molecular formula is C22H21ClN4O2. The van der Waals surface area contributed by atoms with Crippen LogP contribution >= 0.6 is 11.6 Å². The summed E-state index contributed by atoms with van der Waals surface area (Å²) >= 11 is 6.14. The third-order valence-corrected chi connectivity index (χ3v) is 5.20. The van der Waals surface area contributed by atoms with Crippen LogP contribution in [0, 0.1) is 0 Å². The van der Waals surface area contributed by atoms with Gasteiger partial charge in [0.2, 0.25) is 0 Å². The summed E-state index contributed by atoms with van der Waals surface area (Å²) in [5.41, 5.74) is 3.23. The van der Waals surface area contributed by atoms with E-state index in [2.05, 4.69) is 20.2 Å². The number of carbonyl (C=O) groups is 1. The summed E-state index contributed by atoms with van der Waals surface area (Å²) in [5.74, 6) is 0.744. The van der Waals surface area contributed by atoms with Crippen molar-refractivity contribution in [2.24, 2.45) is 0 Å². The molecular weight excluding hydrogens is 388 g/mol. The van der Waals surface area contributed by atoms with Gasteiger partial charge in [0, 0.05) is 41.9 Å². The fraction of sp³-hybridized carbons (Fsp3) is 0.227. The van der Waals surface area contributed by atoms with Gasteiger partial charge in [-0.1, -0.05) is 41.9 Å². The molecule has 0 aliphatic carbocycles. The van der Waals surface area contributed by atoms with Crippen LogP contribution in [0.15, 0.2) is 60.9 Å². The van der Waals surface area contributed by atoms with E-state index in [0.29, 0.717) is 30.3 Å². The maximum atomic E-state index is 12.4. The summed E-state index contributed by atoms with van der Waals surface area (Å²) in [4.78, 5) is 23.4. The molecule has 2 heterocycles. The van der Waals surface area contributed by atoms with E-state index in [9.17, 15) is 4.79 Å². The number of benzene rings is 2. The van der Waals surface area contributed by atoms with Crippen molar-refractivity contribution in [2.45, 2.75) is 6.54 Å². The van der Waals surface area contributed by atoms with Gasteiger partial charge in [-0.2, -0.15) is 0 Å². The van der Waals surface area contributed by atoms with Crippen LogP contribution in [0.3, 0.4) is 0 Å². The molecule has 0 spiro atoms. The first-order chi connectivity index (χ1) is 14.2. The van der Waals surface area contributed by atoms with Gasteiger partial charge in [-0.15, -0.1) is 0 Å². The fourth-order valence-corrected chi connectivity index (χ4v) is 3.38. The van der Waals surface area contributed by atoms with Crippen molar-refractivity contribution < 1.29 is 9.53 Å². The Morgan fingerprint density at radius 3 is 2.59 bits per heavy atom. The van der Waals surface area contributed by atoms with E-state index in [4.69, 9.17) is 16.3 Å². The molecule has 0 radical (unpaired) electrons. The highest BCUT2D eigenvalue weighted by Crippen LogP contribution is 2.22. The summed E-state index contributed by atoms with van der Waals surface area (Å²) in [7, 11) is 0. The number of hydrogen-bond acceptors (Lipinski definition) is 5. The third-order valence-electron chi connectivity index (χ3n) is 4.83. The minimum atomic E-state index is -0.145. The summed E-state index contributed by atoms with van der Waals surface area (Å²) < 4.78 is 5.40. The van der Waals surface area contributed by atoms with Crippen molar-refractivity contribution in [1.29, 1.82) is 0 Å². The van der Waals surface area contributed by atoms with Gasteiger partial charge in [-0.25, -0.2) is 9.97 Å². The summed E-state index contributed by atoms with van der Waals surface area (Å²) in [6.45, 7) is 3.44. The Kier molecular flexibility index (Phi) is 6.03. The maximum absolute atomic E-state index is 12.4. The third kappa shape index (κ3) is 4.72. The molecule has 0 bridgehead atoms. The van der Waals surface area contributed by atoms with E-state index < -0.39 is 0 Å². The summed E-state index contributed by atoms with van der Waals surface area (Å²) in [5, 5.41) is 3.54. The van der Waals surface area contributed by atoms with Gasteiger partial charge in [-0.3, -0.25) is 4.79 Å². The zero-order valence-corrected chi connectivity index (χ0v) is 16.6.